The summed E-state index contributed by atoms with van der Waals surface area (Å²) in [5.41, 5.74) is 14.6. The lowest BCUT2D eigenvalue weighted by molar-refractivity contribution is -0.243. The van der Waals surface area contributed by atoms with Crippen molar-refractivity contribution >= 4 is 138 Å². The van der Waals surface area contributed by atoms with Crippen LogP contribution in [0.3, 0.4) is 0 Å². The maximum Gasteiger partial charge on any atom is 0.305 e. The topological polar surface area (TPSA) is 661 Å². The molecule has 8 rings (SSSR count). The molecule has 42 nitrogen and oxygen atoms in total. The number of fused-ring (bicyclic) bond motifs is 2. The number of hydrogen-bond donors (Lipinski definition) is 23. The quantitative estimate of drug-likeness (QED) is 0.00503. The molecule has 9 atom stereocenters. The summed E-state index contributed by atoms with van der Waals surface area (Å²) < 4.78 is 33.6. The fourth-order valence-electron chi connectivity index (χ4n) is 13.3. The monoisotopic (exact) mass is 1720 g/mol. The Morgan fingerprint density at radius 3 is 1.45 bits per heavy atom. The first kappa shape index (κ1) is 94.7. The fourth-order valence-corrected chi connectivity index (χ4v) is 13.9. The first-order valence-corrected chi connectivity index (χ1v) is 41.1. The summed E-state index contributed by atoms with van der Waals surface area (Å²) >= 11 is 0. The van der Waals surface area contributed by atoms with Crippen LogP contribution < -0.4 is 96.6 Å². The Labute approximate surface area is 705 Å². The SMILES string of the molecule is N=C(N)NCCC[C@@H]1NC(=O)[C@H](CCCCNC(=O)CCC(NC(=O)c2ccc(N/N=C/c3ccccc3S(=O)(=O)O)nc2)C(=O)NCCCC[C@@H]2NC(=O)[C@@H](Cc3ccc4ccccc4c3)NC(=O)[C@H](CC(=O)O)NC(=O)CNC(=O)[C@H](CCCNC(=N)N)NC2=O)NC(=O)[C@@H](Cc2ccc3ccccc3c2)NC(=O)[C@H](CCOO)NC(=O)CNC1=O. The minimum Gasteiger partial charge on any atom is -0.481 e. The zero-order chi connectivity index (χ0) is 89.0. The number of nitrogens with zero attached hydrogens (tertiary/aromatic N) is 2. The van der Waals surface area contributed by atoms with Gasteiger partial charge >= 0.3 is 5.97 Å². The lowest BCUT2D eigenvalue weighted by atomic mass is 10.00. The first-order chi connectivity index (χ1) is 58.9. The highest BCUT2D eigenvalue weighted by atomic mass is 32.2. The summed E-state index contributed by atoms with van der Waals surface area (Å²) in [4.78, 5) is 203. The lowest BCUT2D eigenvalue weighted by Gasteiger charge is -2.26. The van der Waals surface area contributed by atoms with E-state index in [2.05, 4.69) is 100 Å². The van der Waals surface area contributed by atoms with Crippen molar-refractivity contribution in [3.63, 3.8) is 0 Å². The van der Waals surface area contributed by atoms with Crippen LogP contribution in [-0.2, 0) is 90.2 Å². The van der Waals surface area contributed by atoms with Crippen LogP contribution in [0.2, 0.25) is 0 Å². The van der Waals surface area contributed by atoms with Crippen LogP contribution in [0.5, 0.6) is 0 Å². The number of rotatable bonds is 37. The maximum atomic E-state index is 14.7. The van der Waals surface area contributed by atoms with Crippen molar-refractivity contribution in [3.05, 3.63) is 150 Å². The molecule has 13 amide bonds. The summed E-state index contributed by atoms with van der Waals surface area (Å²) in [6.07, 6.45) is 0.0773. The predicted molar refractivity (Wildman–Crippen MR) is 446 cm³/mol. The molecule has 25 N–H and O–H groups in total. The zero-order valence-corrected chi connectivity index (χ0v) is 67.7. The number of aliphatic carboxylic acids is 1. The van der Waals surface area contributed by atoms with Gasteiger partial charge in [0.05, 0.1) is 37.9 Å². The van der Waals surface area contributed by atoms with Crippen molar-refractivity contribution in [1.82, 2.24) is 84.7 Å². The number of carboxylic acids is 1. The lowest BCUT2D eigenvalue weighted by Crippen LogP contribution is -2.58. The Morgan fingerprint density at radius 2 is 0.959 bits per heavy atom. The number of carboxylic acid groups (broad SMARTS) is 1. The number of carbonyl (C=O) groups is 14. The molecule has 123 heavy (non-hydrogen) atoms. The number of anilines is 1. The molecule has 3 heterocycles. The number of guanidine groups is 2. The average molecular weight is 1720 g/mol. The van der Waals surface area contributed by atoms with E-state index in [1.165, 1.54) is 36.4 Å². The van der Waals surface area contributed by atoms with Gasteiger partial charge in [-0.1, -0.05) is 103 Å². The van der Waals surface area contributed by atoms with E-state index < -0.39 is 185 Å². The third-order valence-electron chi connectivity index (χ3n) is 19.6. The largest absolute Gasteiger partial charge is 0.481 e. The Hall–Kier alpha value is -13.8. The van der Waals surface area contributed by atoms with E-state index in [0.29, 0.717) is 11.1 Å². The number of nitrogens with two attached hydrogens (primary N) is 2. The Kier molecular flexibility index (Phi) is 36.8. The third kappa shape index (κ3) is 31.7. The number of hydrogen-bond acceptors (Lipinski definition) is 23. The van der Waals surface area contributed by atoms with E-state index in [1.54, 1.807) is 30.3 Å². The molecule has 0 spiro atoms. The number of unbranched alkanes of at least 4 members (excludes halogenated alkanes) is 2. The van der Waals surface area contributed by atoms with E-state index in [4.69, 9.17) is 22.3 Å². The highest BCUT2D eigenvalue weighted by Gasteiger charge is 2.36. The second kappa shape index (κ2) is 47.8. The molecule has 0 saturated carbocycles. The van der Waals surface area contributed by atoms with Gasteiger partial charge in [0.15, 0.2) is 11.9 Å². The zero-order valence-electron chi connectivity index (χ0n) is 66.9. The van der Waals surface area contributed by atoms with Gasteiger partial charge in [0, 0.05) is 63.6 Å². The van der Waals surface area contributed by atoms with Gasteiger partial charge in [-0.3, -0.25) is 93.2 Å². The summed E-state index contributed by atoms with van der Waals surface area (Å²) in [5, 5.41) is 80.5. The highest BCUT2D eigenvalue weighted by Crippen LogP contribution is 2.21. The van der Waals surface area contributed by atoms with Crippen LogP contribution >= 0.6 is 0 Å². The van der Waals surface area contributed by atoms with Gasteiger partial charge in [0.1, 0.15) is 65.1 Å². The van der Waals surface area contributed by atoms with Crippen LogP contribution in [0.4, 0.5) is 5.82 Å². The van der Waals surface area contributed by atoms with Gasteiger partial charge in [-0.15, -0.1) is 0 Å². The van der Waals surface area contributed by atoms with Crippen molar-refractivity contribution < 1.29 is 95.3 Å². The van der Waals surface area contributed by atoms with Gasteiger partial charge in [-0.2, -0.15) is 13.5 Å². The summed E-state index contributed by atoms with van der Waals surface area (Å²) in [6.45, 7) is -1.94. The Balaban J connectivity index is 0.987. The number of aromatic nitrogens is 1. The van der Waals surface area contributed by atoms with Crippen LogP contribution in [0.1, 0.15) is 117 Å². The van der Waals surface area contributed by atoms with E-state index in [9.17, 15) is 90.5 Å². The summed E-state index contributed by atoms with van der Waals surface area (Å²) in [6, 6.07) is 20.2. The third-order valence-corrected chi connectivity index (χ3v) is 20.6. The molecular weight excluding hydrogens is 1620 g/mol. The number of pyridine rings is 1. The van der Waals surface area contributed by atoms with E-state index in [-0.39, 0.29) is 145 Å². The van der Waals surface area contributed by atoms with E-state index in [1.807, 2.05) is 54.6 Å². The number of hydrazone groups is 1. The van der Waals surface area contributed by atoms with E-state index in [0.717, 1.165) is 34.0 Å². The highest BCUT2D eigenvalue weighted by molar-refractivity contribution is 7.86. The van der Waals surface area contributed by atoms with Gasteiger partial charge in [-0.05, 0) is 121 Å². The van der Waals surface area contributed by atoms with Crippen molar-refractivity contribution in [2.45, 2.75) is 162 Å². The van der Waals surface area contributed by atoms with Gasteiger partial charge in [-0.25, -0.2) is 9.87 Å². The second-order valence-electron chi connectivity index (χ2n) is 29.0. The van der Waals surface area contributed by atoms with E-state index >= 15 is 0 Å². The standard InChI is InChI=1S/C80H102N22O20S/c81-79(82)87-34-11-20-54-71(110)90-44-66(104)93-59(31-36-122-118)75(114)100-60(39-46-23-25-48-13-1-3-15-50(48)37-46)76(115)98-56(73(112)96-54)18-7-9-32-85-65(103)30-28-58(95-69(108)53-27-29-64(89-42-53)102-92-43-52-17-5-6-22-63(52)123(119,120)121)70(109)86-33-10-8-19-57-74(113)97-55(21-12-35-88-80(83)84)72(111)91-45-67(105)94-62(41-68(106)107)78(117)101-61(77(116)99-57)40-47-24-26-49-14-2-4-16-51(49)38-47/h1-6,13-17,22-27,29,37-38,42-43,54-62,118H,7-12,18-21,28,30-36,39-41,44-45H2,(H,85,103)(H,86,109)(H,89,102)(H,90,110)(H,91,111)(H,93,104)(H,94,105)(H,95,108)(H,96,112)(H,97,113)(H,98,115)(H,99,116)(H,100,114)(H,101,117)(H,106,107)(H4,81,82,87)(H4,83,84,88)(H,119,120,121)/b92-43+/t54-,55-,56-,57-,58?,59-,60+,61+,62-/m0/s1. The smallest absolute Gasteiger partial charge is 0.305 e. The van der Waals surface area contributed by atoms with Crippen molar-refractivity contribution in [3.8, 4) is 0 Å². The molecule has 2 aliphatic rings. The molecule has 2 aliphatic heterocycles. The predicted octanol–water partition coefficient (Wildman–Crippen LogP) is -1.96. The number of amides is 13. The molecule has 1 aromatic heterocycles. The van der Waals surface area contributed by atoms with Crippen LogP contribution in [0.15, 0.2) is 138 Å². The van der Waals surface area contributed by atoms with Crippen molar-refractivity contribution in [2.24, 2.45) is 16.6 Å². The molecule has 0 bridgehead atoms. The molecule has 5 aromatic carbocycles. The molecule has 0 aliphatic carbocycles. The number of nitrogens with one attached hydrogen (secondary N) is 18. The van der Waals surface area contributed by atoms with Gasteiger partial charge in [0.2, 0.25) is 70.9 Å². The number of benzene rings is 5. The van der Waals surface area contributed by atoms with Crippen molar-refractivity contribution in [2.75, 3.05) is 51.3 Å². The van der Waals surface area contributed by atoms with Crippen LogP contribution in [0.25, 0.3) is 21.5 Å². The minimum atomic E-state index is -4.63. The molecular formula is C80H102N22O20S. The molecule has 2 fully saturated rings. The number of carbonyl (C=O) groups excluding carboxylic acids is 13. The molecule has 2 saturated heterocycles. The second-order valence-corrected chi connectivity index (χ2v) is 30.4. The van der Waals surface area contributed by atoms with Gasteiger partial charge in [0.25, 0.3) is 16.0 Å². The summed E-state index contributed by atoms with van der Waals surface area (Å²) in [5.74, 6) is -13.4. The molecule has 1 unspecified atom stereocenters. The normalized spacial score (nSPS) is 19.4. The minimum absolute atomic E-state index is 0.0271. The van der Waals surface area contributed by atoms with Crippen LogP contribution in [0, 0.1) is 10.8 Å². The molecule has 6 aromatic rings. The first-order valence-electron chi connectivity index (χ1n) is 39.6. The van der Waals surface area contributed by atoms with Crippen LogP contribution in [-0.4, -0.2) is 229 Å². The summed E-state index contributed by atoms with van der Waals surface area (Å²) in [7, 11) is -4.63. The average Bonchev–Trinajstić information content (AvgIpc) is 1.62. The molecule has 0 radical (unpaired) electrons. The Morgan fingerprint density at radius 1 is 0.520 bits per heavy atom. The van der Waals surface area contributed by atoms with Crippen molar-refractivity contribution in [1.29, 1.82) is 10.8 Å². The molecule has 43 heteroatoms. The fraction of sp³-hybridized carbons (Fsp3) is 0.400. The maximum absolute atomic E-state index is 14.7. The van der Waals surface area contributed by atoms with Gasteiger partial charge < -0.3 is 96.3 Å². The Bertz CT molecular complexity index is 4960. The molecule has 658 valence electrons.